The first-order chi connectivity index (χ1) is 14.6. The van der Waals surface area contributed by atoms with Crippen LogP contribution in [0.3, 0.4) is 0 Å². The van der Waals surface area contributed by atoms with Gasteiger partial charge in [-0.2, -0.15) is 0 Å². The van der Waals surface area contributed by atoms with Crippen LogP contribution < -0.4 is 5.32 Å². The van der Waals surface area contributed by atoms with Gasteiger partial charge in [0, 0.05) is 45.8 Å². The number of nitrogens with zero attached hydrogens (tertiary/aromatic N) is 2. The molecule has 0 unspecified atom stereocenters. The summed E-state index contributed by atoms with van der Waals surface area (Å²) >= 11 is 0. The smallest absolute Gasteiger partial charge is 0.0501 e. The number of rotatable bonds is 7. The number of fused-ring (bicyclic) bond motifs is 1. The van der Waals surface area contributed by atoms with Gasteiger partial charge in [0.25, 0.3) is 0 Å². The lowest BCUT2D eigenvalue weighted by molar-refractivity contribution is 0.715. The molecule has 4 heteroatoms. The summed E-state index contributed by atoms with van der Waals surface area (Å²) in [7, 11) is 1.99. The summed E-state index contributed by atoms with van der Waals surface area (Å²) in [6, 6.07) is 15.3. The van der Waals surface area contributed by atoms with Crippen LogP contribution in [0, 0.1) is 6.92 Å². The molecule has 0 bridgehead atoms. The molecule has 0 radical (unpaired) electrons. The van der Waals surface area contributed by atoms with Gasteiger partial charge in [-0.1, -0.05) is 26.0 Å². The molecule has 4 nitrogen and oxygen atoms in total. The normalized spacial score (nSPS) is 11.5. The predicted molar refractivity (Wildman–Crippen MR) is 126 cm³/mol. The first-order valence-corrected chi connectivity index (χ1v) is 10.8. The van der Waals surface area contributed by atoms with Crippen LogP contribution in [0.25, 0.3) is 33.3 Å². The van der Waals surface area contributed by atoms with Gasteiger partial charge in [0.05, 0.1) is 5.69 Å². The van der Waals surface area contributed by atoms with Crippen LogP contribution in [0.1, 0.15) is 43.1 Å². The van der Waals surface area contributed by atoms with E-state index in [1.807, 2.05) is 26.4 Å². The third-order valence-corrected chi connectivity index (χ3v) is 5.62. The zero-order chi connectivity index (χ0) is 21.1. The molecule has 0 aliphatic carbocycles. The van der Waals surface area contributed by atoms with Gasteiger partial charge in [-0.15, -0.1) is 0 Å². The number of hydrogen-bond acceptors (Lipinski definition) is 3. The predicted octanol–water partition coefficient (Wildman–Crippen LogP) is 5.88. The molecule has 3 heterocycles. The first kappa shape index (κ1) is 20.3. The van der Waals surface area contributed by atoms with Crippen molar-refractivity contribution in [1.29, 1.82) is 0 Å². The molecule has 0 aliphatic rings. The molecule has 1 aromatic carbocycles. The Bertz CT molecular complexity index is 1140. The van der Waals surface area contributed by atoms with Crippen molar-refractivity contribution < 1.29 is 0 Å². The second-order valence-electron chi connectivity index (χ2n) is 8.26. The Kier molecular flexibility index (Phi) is 5.96. The average molecular weight is 399 g/mol. The van der Waals surface area contributed by atoms with Crippen molar-refractivity contribution in [2.45, 2.75) is 39.5 Å². The van der Waals surface area contributed by atoms with Gasteiger partial charge in [0.2, 0.25) is 0 Å². The van der Waals surface area contributed by atoms with Crippen molar-refractivity contribution in [3.63, 3.8) is 0 Å². The fourth-order valence-corrected chi connectivity index (χ4v) is 4.11. The molecule has 0 atom stereocenters. The molecule has 0 aliphatic heterocycles. The maximum Gasteiger partial charge on any atom is 0.0501 e. The van der Waals surface area contributed by atoms with E-state index < -0.39 is 0 Å². The standard InChI is InChI=1S/C26H30N4/c1-17(2)25-23-15-19(21-7-9-22(29-16-21)6-5-12-27-4)8-10-24(23)30-26(25)20-11-13-28-18(3)14-20/h7-11,13-17,27,30H,5-6,12H2,1-4H3. The van der Waals surface area contributed by atoms with E-state index in [4.69, 9.17) is 0 Å². The van der Waals surface area contributed by atoms with E-state index in [2.05, 4.69) is 76.6 Å². The Morgan fingerprint density at radius 2 is 1.80 bits per heavy atom. The molecule has 0 fully saturated rings. The maximum atomic E-state index is 4.68. The maximum absolute atomic E-state index is 4.68. The molecular weight excluding hydrogens is 368 g/mol. The second kappa shape index (κ2) is 8.80. The number of aromatic amines is 1. The Morgan fingerprint density at radius 1 is 0.967 bits per heavy atom. The molecule has 30 heavy (non-hydrogen) atoms. The molecule has 4 aromatic rings. The van der Waals surface area contributed by atoms with E-state index in [9.17, 15) is 0 Å². The molecule has 2 N–H and O–H groups in total. The van der Waals surface area contributed by atoms with Crippen LogP contribution in [0.4, 0.5) is 0 Å². The summed E-state index contributed by atoms with van der Waals surface area (Å²) in [6.07, 6.45) is 6.00. The van der Waals surface area contributed by atoms with E-state index in [1.54, 1.807) is 0 Å². The van der Waals surface area contributed by atoms with Crippen LogP contribution >= 0.6 is 0 Å². The van der Waals surface area contributed by atoms with Crippen LogP contribution in [0.5, 0.6) is 0 Å². The minimum atomic E-state index is 0.408. The topological polar surface area (TPSA) is 53.6 Å². The highest BCUT2D eigenvalue weighted by atomic mass is 14.8. The molecule has 0 amide bonds. The molecule has 0 spiro atoms. The lowest BCUT2D eigenvalue weighted by Gasteiger charge is -2.10. The number of nitrogens with one attached hydrogen (secondary N) is 2. The molecule has 4 rings (SSSR count). The molecule has 0 saturated carbocycles. The zero-order valence-electron chi connectivity index (χ0n) is 18.3. The Morgan fingerprint density at radius 3 is 2.50 bits per heavy atom. The quantitative estimate of drug-likeness (QED) is 0.382. The van der Waals surface area contributed by atoms with E-state index in [1.165, 1.54) is 33.3 Å². The van der Waals surface area contributed by atoms with Crippen LogP contribution in [0.15, 0.2) is 54.9 Å². The lowest BCUT2D eigenvalue weighted by atomic mass is 9.94. The fourth-order valence-electron chi connectivity index (χ4n) is 4.11. The number of benzene rings is 1. The van der Waals surface area contributed by atoms with Gasteiger partial charge < -0.3 is 10.3 Å². The second-order valence-corrected chi connectivity index (χ2v) is 8.26. The minimum Gasteiger partial charge on any atom is -0.354 e. The molecule has 3 aromatic heterocycles. The van der Waals surface area contributed by atoms with Gasteiger partial charge in [-0.25, -0.2) is 0 Å². The highest BCUT2D eigenvalue weighted by Gasteiger charge is 2.17. The third-order valence-electron chi connectivity index (χ3n) is 5.62. The van der Waals surface area contributed by atoms with Crippen molar-refractivity contribution in [2.24, 2.45) is 0 Å². The number of aryl methyl sites for hydroxylation is 2. The van der Waals surface area contributed by atoms with Crippen molar-refractivity contribution >= 4 is 10.9 Å². The van der Waals surface area contributed by atoms with Crippen LogP contribution in [-0.4, -0.2) is 28.5 Å². The van der Waals surface area contributed by atoms with Crippen molar-refractivity contribution in [1.82, 2.24) is 20.3 Å². The number of H-pyrrole nitrogens is 1. The van der Waals surface area contributed by atoms with Crippen molar-refractivity contribution in [2.75, 3.05) is 13.6 Å². The number of aromatic nitrogens is 3. The molecular formula is C26H30N4. The largest absolute Gasteiger partial charge is 0.354 e. The number of pyridine rings is 2. The third kappa shape index (κ3) is 4.14. The van der Waals surface area contributed by atoms with Gasteiger partial charge in [-0.05, 0) is 80.7 Å². The summed E-state index contributed by atoms with van der Waals surface area (Å²) in [6.45, 7) is 7.57. The summed E-state index contributed by atoms with van der Waals surface area (Å²) in [5.74, 6) is 0.408. The minimum absolute atomic E-state index is 0.408. The Balaban J connectivity index is 1.72. The molecule has 154 valence electrons. The summed E-state index contributed by atoms with van der Waals surface area (Å²) in [5.41, 5.74) is 9.45. The van der Waals surface area contributed by atoms with E-state index >= 15 is 0 Å². The Labute approximate surface area is 178 Å². The van der Waals surface area contributed by atoms with E-state index in [0.717, 1.165) is 36.3 Å². The number of hydrogen-bond donors (Lipinski definition) is 2. The van der Waals surface area contributed by atoms with Crippen molar-refractivity contribution in [3.05, 3.63) is 71.8 Å². The highest BCUT2D eigenvalue weighted by molar-refractivity contribution is 5.94. The van der Waals surface area contributed by atoms with Gasteiger partial charge in [-0.3, -0.25) is 9.97 Å². The lowest BCUT2D eigenvalue weighted by Crippen LogP contribution is -2.08. The zero-order valence-corrected chi connectivity index (χ0v) is 18.3. The summed E-state index contributed by atoms with van der Waals surface area (Å²) in [5, 5.41) is 4.47. The summed E-state index contributed by atoms with van der Waals surface area (Å²) in [4.78, 5) is 12.7. The SMILES string of the molecule is CNCCCc1ccc(-c2ccc3[nH]c(-c4ccnc(C)c4)c(C(C)C)c3c2)cn1. The summed E-state index contributed by atoms with van der Waals surface area (Å²) < 4.78 is 0. The van der Waals surface area contributed by atoms with Gasteiger partial charge in [0.1, 0.15) is 0 Å². The van der Waals surface area contributed by atoms with E-state index in [-0.39, 0.29) is 0 Å². The monoisotopic (exact) mass is 398 g/mol. The van der Waals surface area contributed by atoms with Crippen LogP contribution in [-0.2, 0) is 6.42 Å². The Hall–Kier alpha value is -2.98. The average Bonchev–Trinajstić information content (AvgIpc) is 3.13. The first-order valence-electron chi connectivity index (χ1n) is 10.8. The van der Waals surface area contributed by atoms with E-state index in [0.29, 0.717) is 5.92 Å². The van der Waals surface area contributed by atoms with Gasteiger partial charge in [0.15, 0.2) is 0 Å². The van der Waals surface area contributed by atoms with Gasteiger partial charge >= 0.3 is 0 Å². The van der Waals surface area contributed by atoms with Crippen molar-refractivity contribution in [3.8, 4) is 22.4 Å². The highest BCUT2D eigenvalue weighted by Crippen LogP contribution is 2.37. The molecule has 0 saturated heterocycles. The van der Waals surface area contributed by atoms with Crippen LogP contribution in [0.2, 0.25) is 0 Å². The fraction of sp³-hybridized carbons (Fsp3) is 0.308.